The van der Waals surface area contributed by atoms with Crippen LogP contribution in [0.3, 0.4) is 0 Å². The Morgan fingerprint density at radius 3 is 2.49 bits per heavy atom. The summed E-state index contributed by atoms with van der Waals surface area (Å²) in [4.78, 5) is 42.4. The predicted octanol–water partition coefficient (Wildman–Crippen LogP) is 5.55. The summed E-state index contributed by atoms with van der Waals surface area (Å²) >= 11 is 2.82. The number of nitrogens with zero attached hydrogens (tertiary/aromatic N) is 2. The van der Waals surface area contributed by atoms with Gasteiger partial charge in [-0.05, 0) is 29.8 Å². The summed E-state index contributed by atoms with van der Waals surface area (Å²) in [6, 6.07) is 27.2. The van der Waals surface area contributed by atoms with E-state index < -0.39 is 23.3 Å². The van der Waals surface area contributed by atoms with Gasteiger partial charge in [0.05, 0.1) is 12.9 Å². The third-order valence-electron chi connectivity index (χ3n) is 7.36. The Morgan fingerprint density at radius 2 is 1.78 bits per heavy atom. The van der Waals surface area contributed by atoms with Gasteiger partial charge in [-0.25, -0.2) is 4.79 Å². The monoisotopic (exact) mass is 639 g/mol. The van der Waals surface area contributed by atoms with E-state index in [-0.39, 0.29) is 24.0 Å². The fraction of sp³-hybridized carbons (Fsp3) is 0.176. The largest absolute Gasteiger partial charge is 0.497 e. The van der Waals surface area contributed by atoms with Crippen LogP contribution in [-0.2, 0) is 25.7 Å². The predicted molar refractivity (Wildman–Crippen MR) is 173 cm³/mol. The molecule has 1 saturated heterocycles. The van der Waals surface area contributed by atoms with Crippen molar-refractivity contribution >= 4 is 46.9 Å². The Hall–Kier alpha value is -4.74. The van der Waals surface area contributed by atoms with E-state index in [2.05, 4.69) is 17.1 Å². The molecule has 1 fully saturated rings. The van der Waals surface area contributed by atoms with Crippen molar-refractivity contribution in [1.82, 2.24) is 15.4 Å². The summed E-state index contributed by atoms with van der Waals surface area (Å²) in [6.07, 6.45) is 0. The van der Waals surface area contributed by atoms with Gasteiger partial charge in [0.25, 0.3) is 5.91 Å². The average Bonchev–Trinajstić information content (AvgIpc) is 3.59. The molecule has 0 saturated carbocycles. The third kappa shape index (κ3) is 6.54. The van der Waals surface area contributed by atoms with Gasteiger partial charge >= 0.3 is 5.97 Å². The molecule has 0 radical (unpaired) electrons. The molecule has 6 rings (SSSR count). The molecule has 4 aromatic rings. The Bertz CT molecular complexity index is 1760. The Balaban J connectivity index is 1.22. The summed E-state index contributed by atoms with van der Waals surface area (Å²) < 4.78 is 16.6. The van der Waals surface area contributed by atoms with Gasteiger partial charge in [0.15, 0.2) is 5.76 Å². The highest BCUT2D eigenvalue weighted by Gasteiger charge is 2.54. The zero-order chi connectivity index (χ0) is 31.3. The molecule has 1 aromatic heterocycles. The number of carbonyl (C=O) groups excluding carboxylic acids is 3. The van der Waals surface area contributed by atoms with Crippen molar-refractivity contribution in [3.05, 3.63) is 120 Å². The van der Waals surface area contributed by atoms with Crippen molar-refractivity contribution in [3.8, 4) is 17.0 Å². The van der Waals surface area contributed by atoms with Gasteiger partial charge in [0, 0.05) is 33.4 Å². The molecular formula is C34H29N3O6S2. The SMILES string of the molecule is C=C(C1=C(C(=O)OCc2ccc(OC)cc2)N2C(=O)[C@@H](NC(=O)CSc3ccccc3)[C@H]2SC1)c1cc(-c2ccccc2)no1. The number of amides is 2. The van der Waals surface area contributed by atoms with Crippen LogP contribution in [0.2, 0.25) is 0 Å². The molecule has 0 spiro atoms. The number of benzene rings is 3. The Labute approximate surface area is 268 Å². The molecule has 2 amide bonds. The Kier molecular flexibility index (Phi) is 9.08. The zero-order valence-corrected chi connectivity index (χ0v) is 25.9. The highest BCUT2D eigenvalue weighted by molar-refractivity contribution is 8.00. The highest BCUT2D eigenvalue weighted by Crippen LogP contribution is 2.44. The quantitative estimate of drug-likeness (QED) is 0.128. The minimum atomic E-state index is -0.770. The number of β-lactam (4-membered cyclic amide) rings is 1. The minimum absolute atomic E-state index is 0.0107. The molecule has 3 aromatic carbocycles. The maximum absolute atomic E-state index is 13.7. The van der Waals surface area contributed by atoms with Crippen LogP contribution in [0.1, 0.15) is 11.3 Å². The first-order valence-corrected chi connectivity index (χ1v) is 16.1. The molecule has 9 nitrogen and oxygen atoms in total. The van der Waals surface area contributed by atoms with Crippen molar-refractivity contribution < 1.29 is 28.4 Å². The molecule has 0 unspecified atom stereocenters. The highest BCUT2D eigenvalue weighted by atomic mass is 32.2. The van der Waals surface area contributed by atoms with Gasteiger partial charge in [-0.15, -0.1) is 23.5 Å². The van der Waals surface area contributed by atoms with Gasteiger partial charge in [-0.2, -0.15) is 0 Å². The summed E-state index contributed by atoms with van der Waals surface area (Å²) in [5.74, 6) is 0.227. The maximum Gasteiger partial charge on any atom is 0.355 e. The van der Waals surface area contributed by atoms with Crippen LogP contribution in [0.15, 0.2) is 118 Å². The van der Waals surface area contributed by atoms with Crippen LogP contribution in [0, 0.1) is 0 Å². The smallest absolute Gasteiger partial charge is 0.355 e. The second-order valence-corrected chi connectivity index (χ2v) is 12.4. The number of aromatic nitrogens is 1. The van der Waals surface area contributed by atoms with Crippen molar-refractivity contribution in [2.75, 3.05) is 18.6 Å². The summed E-state index contributed by atoms with van der Waals surface area (Å²) in [6.45, 7) is 4.21. The number of rotatable bonds is 11. The lowest BCUT2D eigenvalue weighted by Gasteiger charge is -2.49. The summed E-state index contributed by atoms with van der Waals surface area (Å²) in [7, 11) is 1.58. The van der Waals surface area contributed by atoms with Gasteiger partial charge in [-0.1, -0.05) is 72.4 Å². The molecule has 2 aliphatic rings. The number of hydrogen-bond acceptors (Lipinski definition) is 9. The van der Waals surface area contributed by atoms with Crippen LogP contribution in [0.25, 0.3) is 16.8 Å². The van der Waals surface area contributed by atoms with E-state index in [4.69, 9.17) is 14.0 Å². The summed E-state index contributed by atoms with van der Waals surface area (Å²) in [5, 5.41) is 6.57. The lowest BCUT2D eigenvalue weighted by molar-refractivity contribution is -0.153. The summed E-state index contributed by atoms with van der Waals surface area (Å²) in [5.41, 5.74) is 3.26. The van der Waals surface area contributed by atoms with Crippen molar-refractivity contribution in [1.29, 1.82) is 0 Å². The van der Waals surface area contributed by atoms with E-state index in [0.29, 0.717) is 34.1 Å². The second kappa shape index (κ2) is 13.5. The molecule has 2 aliphatic heterocycles. The fourth-order valence-corrected chi connectivity index (χ4v) is 7.08. The van der Waals surface area contributed by atoms with E-state index in [1.807, 2.05) is 60.7 Å². The van der Waals surface area contributed by atoms with E-state index in [1.54, 1.807) is 37.4 Å². The first kappa shape index (κ1) is 30.3. The number of methoxy groups -OCH3 is 1. The van der Waals surface area contributed by atoms with E-state index in [0.717, 1.165) is 16.0 Å². The second-order valence-electron chi connectivity index (χ2n) is 10.2. The number of fused-ring (bicyclic) bond motifs is 1. The average molecular weight is 640 g/mol. The molecule has 0 aliphatic carbocycles. The number of allylic oxidation sites excluding steroid dienone is 1. The zero-order valence-electron chi connectivity index (χ0n) is 24.3. The van der Waals surface area contributed by atoms with Crippen LogP contribution in [-0.4, -0.2) is 57.9 Å². The van der Waals surface area contributed by atoms with Crippen LogP contribution in [0.4, 0.5) is 0 Å². The first-order chi connectivity index (χ1) is 21.9. The third-order valence-corrected chi connectivity index (χ3v) is 9.65. The number of nitrogens with one attached hydrogen (secondary N) is 1. The van der Waals surface area contributed by atoms with Gasteiger partial charge in [0.1, 0.15) is 35.2 Å². The fourth-order valence-electron chi connectivity index (χ4n) is 4.97. The normalized spacial score (nSPS) is 17.3. The number of carbonyl (C=O) groups is 3. The first-order valence-electron chi connectivity index (χ1n) is 14.1. The lowest BCUT2D eigenvalue weighted by Crippen LogP contribution is -2.70. The van der Waals surface area contributed by atoms with Crippen molar-refractivity contribution in [3.63, 3.8) is 0 Å². The van der Waals surface area contributed by atoms with Gasteiger partial charge in [0.2, 0.25) is 5.91 Å². The number of hydrogen-bond donors (Lipinski definition) is 1. The minimum Gasteiger partial charge on any atom is -0.497 e. The van der Waals surface area contributed by atoms with E-state index in [1.165, 1.54) is 28.4 Å². The molecule has 1 N–H and O–H groups in total. The van der Waals surface area contributed by atoms with Crippen LogP contribution >= 0.6 is 23.5 Å². The lowest BCUT2D eigenvalue weighted by atomic mass is 9.98. The maximum atomic E-state index is 13.7. The Morgan fingerprint density at radius 1 is 1.07 bits per heavy atom. The molecule has 3 heterocycles. The molecular weight excluding hydrogens is 611 g/mol. The van der Waals surface area contributed by atoms with Crippen LogP contribution in [0.5, 0.6) is 5.75 Å². The number of esters is 1. The molecule has 2 atom stereocenters. The van der Waals surface area contributed by atoms with Gasteiger partial charge < -0.3 is 19.3 Å². The van der Waals surface area contributed by atoms with Crippen molar-refractivity contribution in [2.24, 2.45) is 0 Å². The van der Waals surface area contributed by atoms with E-state index in [9.17, 15) is 14.4 Å². The van der Waals surface area contributed by atoms with Crippen LogP contribution < -0.4 is 10.1 Å². The molecule has 45 heavy (non-hydrogen) atoms. The number of ether oxygens (including phenoxy) is 2. The topological polar surface area (TPSA) is 111 Å². The van der Waals surface area contributed by atoms with Crippen molar-refractivity contribution in [2.45, 2.75) is 22.9 Å². The van der Waals surface area contributed by atoms with Gasteiger partial charge in [-0.3, -0.25) is 14.5 Å². The van der Waals surface area contributed by atoms with E-state index >= 15 is 0 Å². The molecule has 11 heteroatoms. The standard InChI is InChI=1S/C34H29N3O6S2/c1-21(28-17-27(36-43-28)23-9-5-3-6-10-23)26-19-45-33-30(35-29(38)20-44-25-11-7-4-8-12-25)32(39)37(33)31(26)34(40)42-18-22-13-15-24(41-2)16-14-22/h3-17,30,33H,1,18-20H2,2H3,(H,35,38)/t30-,33-/m1/s1. The number of thioether (sulfide) groups is 2. The molecule has 228 valence electrons. The molecule has 0 bridgehead atoms.